The Bertz CT molecular complexity index is 710. The molecule has 0 aliphatic carbocycles. The first-order valence-corrected chi connectivity index (χ1v) is 6.95. The van der Waals surface area contributed by atoms with Crippen molar-refractivity contribution in [3.63, 3.8) is 0 Å². The lowest BCUT2D eigenvalue weighted by Crippen LogP contribution is -2.10. The fraction of sp³-hybridized carbons (Fsp3) is 0.263. The summed E-state index contributed by atoms with van der Waals surface area (Å²) in [5.41, 5.74) is 3.68. The molecule has 0 spiro atoms. The Morgan fingerprint density at radius 2 is 1.76 bits per heavy atom. The highest BCUT2D eigenvalue weighted by molar-refractivity contribution is 6.10. The van der Waals surface area contributed by atoms with Crippen LogP contribution in [0.2, 0.25) is 0 Å². The summed E-state index contributed by atoms with van der Waals surface area (Å²) in [7, 11) is 0. The molecule has 0 saturated carbocycles. The van der Waals surface area contributed by atoms with Crippen molar-refractivity contribution >= 4 is 5.78 Å². The van der Waals surface area contributed by atoms with Gasteiger partial charge in [0.1, 0.15) is 0 Å². The fourth-order valence-corrected chi connectivity index (χ4v) is 1.95. The van der Waals surface area contributed by atoms with E-state index in [-0.39, 0.29) is 11.2 Å². The van der Waals surface area contributed by atoms with Crippen molar-refractivity contribution in [2.75, 3.05) is 0 Å². The third kappa shape index (κ3) is 3.79. The number of aryl methyl sites for hydroxylation is 1. The van der Waals surface area contributed by atoms with Gasteiger partial charge in [-0.05, 0) is 47.6 Å². The molecule has 2 heteroatoms. The molecular weight excluding hydrogens is 258 g/mol. The summed E-state index contributed by atoms with van der Waals surface area (Å²) in [5.74, 6) is 5.41. The Morgan fingerprint density at radius 3 is 2.33 bits per heavy atom. The van der Waals surface area contributed by atoms with Crippen LogP contribution in [0.25, 0.3) is 0 Å². The average Bonchev–Trinajstić information content (AvgIpc) is 2.45. The van der Waals surface area contributed by atoms with Crippen molar-refractivity contribution in [1.29, 1.82) is 0 Å². The molecule has 0 atom stereocenters. The Hall–Kier alpha value is -2.40. The van der Waals surface area contributed by atoms with Gasteiger partial charge in [0.05, 0.1) is 5.56 Å². The minimum atomic E-state index is -0.194. The van der Waals surface area contributed by atoms with Crippen LogP contribution in [-0.4, -0.2) is 10.8 Å². The van der Waals surface area contributed by atoms with Gasteiger partial charge in [-0.25, -0.2) is 0 Å². The van der Waals surface area contributed by atoms with E-state index < -0.39 is 0 Å². The summed E-state index contributed by atoms with van der Waals surface area (Å²) in [6.07, 6.45) is 3.24. The average molecular weight is 277 g/mol. The van der Waals surface area contributed by atoms with Gasteiger partial charge in [-0.3, -0.25) is 9.78 Å². The number of benzene rings is 1. The molecule has 0 amide bonds. The van der Waals surface area contributed by atoms with Crippen LogP contribution in [0.3, 0.4) is 0 Å². The van der Waals surface area contributed by atoms with E-state index in [9.17, 15) is 4.79 Å². The highest BCUT2D eigenvalue weighted by Gasteiger charge is 2.12. The molecule has 2 nitrogen and oxygen atoms in total. The molecule has 0 aliphatic heterocycles. The number of hydrogen-bond donors (Lipinski definition) is 0. The summed E-state index contributed by atoms with van der Waals surface area (Å²) in [6, 6.07) is 9.84. The molecule has 2 rings (SSSR count). The van der Waals surface area contributed by atoms with Gasteiger partial charge in [0, 0.05) is 18.0 Å². The first-order valence-electron chi connectivity index (χ1n) is 6.95. The topological polar surface area (TPSA) is 30.0 Å². The largest absolute Gasteiger partial charge is 0.279 e. The van der Waals surface area contributed by atoms with Crippen LogP contribution in [0, 0.1) is 18.8 Å². The molecule has 0 aliphatic rings. The number of carbonyl (C=O) groups excluding carboxylic acids is 1. The zero-order valence-electron chi connectivity index (χ0n) is 12.9. The first-order chi connectivity index (χ1) is 9.88. The van der Waals surface area contributed by atoms with Gasteiger partial charge in [0.2, 0.25) is 5.78 Å². The third-order valence-corrected chi connectivity index (χ3v) is 3.35. The monoisotopic (exact) mass is 277 g/mol. The molecule has 0 saturated heterocycles. The molecule has 0 fully saturated rings. The number of hydrogen-bond acceptors (Lipinski definition) is 2. The summed E-state index contributed by atoms with van der Waals surface area (Å²) in [6.45, 7) is 8.39. The predicted molar refractivity (Wildman–Crippen MR) is 85.3 cm³/mol. The van der Waals surface area contributed by atoms with Gasteiger partial charge in [-0.1, -0.05) is 38.8 Å². The molecule has 106 valence electrons. The van der Waals surface area contributed by atoms with Crippen LogP contribution in [-0.2, 0) is 5.41 Å². The van der Waals surface area contributed by atoms with Crippen LogP contribution < -0.4 is 0 Å². The number of ketones is 1. The van der Waals surface area contributed by atoms with Gasteiger partial charge < -0.3 is 0 Å². The van der Waals surface area contributed by atoms with Crippen LogP contribution >= 0.6 is 0 Å². The number of nitrogens with zero attached hydrogens (tertiary/aromatic N) is 1. The van der Waals surface area contributed by atoms with Crippen molar-refractivity contribution in [2.45, 2.75) is 33.1 Å². The second kappa shape index (κ2) is 5.93. The summed E-state index contributed by atoms with van der Waals surface area (Å²) in [4.78, 5) is 16.0. The minimum absolute atomic E-state index is 0.120. The van der Waals surface area contributed by atoms with E-state index in [4.69, 9.17) is 0 Å². The highest BCUT2D eigenvalue weighted by Crippen LogP contribution is 2.21. The van der Waals surface area contributed by atoms with E-state index in [0.717, 1.165) is 11.1 Å². The highest BCUT2D eigenvalue weighted by atomic mass is 16.1. The Balaban J connectivity index is 2.20. The van der Waals surface area contributed by atoms with E-state index in [1.165, 1.54) is 5.56 Å². The second-order valence-corrected chi connectivity index (χ2v) is 6.10. The van der Waals surface area contributed by atoms with Gasteiger partial charge in [0.25, 0.3) is 0 Å². The van der Waals surface area contributed by atoms with Gasteiger partial charge >= 0.3 is 0 Å². The third-order valence-electron chi connectivity index (χ3n) is 3.35. The molecule has 0 N–H and O–H groups in total. The van der Waals surface area contributed by atoms with Crippen LogP contribution in [0.4, 0.5) is 0 Å². The lowest BCUT2D eigenvalue weighted by atomic mass is 9.87. The quantitative estimate of drug-likeness (QED) is 0.584. The molecule has 1 heterocycles. The summed E-state index contributed by atoms with van der Waals surface area (Å²) >= 11 is 0. The van der Waals surface area contributed by atoms with E-state index in [1.807, 2.05) is 25.1 Å². The second-order valence-electron chi connectivity index (χ2n) is 6.10. The molecule has 0 radical (unpaired) electrons. The van der Waals surface area contributed by atoms with Crippen molar-refractivity contribution in [3.05, 3.63) is 65.0 Å². The summed E-state index contributed by atoms with van der Waals surface area (Å²) < 4.78 is 0. The predicted octanol–water partition coefficient (Wildman–Crippen LogP) is 3.92. The SMILES string of the molecule is Cc1ccncc1C(=O)C#Cc1ccc(C(C)(C)C)cc1. The number of pyridine rings is 1. The van der Waals surface area contributed by atoms with Gasteiger partial charge in [0.15, 0.2) is 0 Å². The standard InChI is InChI=1S/C19H19NO/c1-14-11-12-20-13-17(14)18(21)10-7-15-5-8-16(9-6-15)19(2,3)4/h5-6,8-9,11-13H,1-4H3. The fourth-order valence-electron chi connectivity index (χ4n) is 1.95. The molecule has 21 heavy (non-hydrogen) atoms. The van der Waals surface area contributed by atoms with E-state index in [1.54, 1.807) is 12.4 Å². The van der Waals surface area contributed by atoms with Crippen LogP contribution in [0.15, 0.2) is 42.7 Å². The normalized spacial score (nSPS) is 10.7. The number of Topliss-reactive ketones (excluding diaryl/α,β-unsaturated/α-hetero) is 1. The molecule has 0 unspecified atom stereocenters. The molecule has 1 aromatic carbocycles. The first kappa shape index (κ1) is 15.0. The maximum Gasteiger partial charge on any atom is 0.238 e. The number of carbonyl (C=O) groups is 1. The van der Waals surface area contributed by atoms with Crippen LogP contribution in [0.5, 0.6) is 0 Å². The molecular formula is C19H19NO. The van der Waals surface area contributed by atoms with Crippen molar-refractivity contribution in [1.82, 2.24) is 4.98 Å². The smallest absolute Gasteiger partial charge is 0.238 e. The minimum Gasteiger partial charge on any atom is -0.279 e. The Labute approximate surface area is 126 Å². The maximum absolute atomic E-state index is 12.1. The van der Waals surface area contributed by atoms with Crippen molar-refractivity contribution in [3.8, 4) is 11.8 Å². The van der Waals surface area contributed by atoms with Gasteiger partial charge in [-0.2, -0.15) is 0 Å². The van der Waals surface area contributed by atoms with E-state index >= 15 is 0 Å². The zero-order chi connectivity index (χ0) is 15.5. The lowest BCUT2D eigenvalue weighted by Gasteiger charge is -2.18. The summed E-state index contributed by atoms with van der Waals surface area (Å²) in [5, 5.41) is 0. The van der Waals surface area contributed by atoms with Gasteiger partial charge in [-0.15, -0.1) is 0 Å². The Morgan fingerprint density at radius 1 is 1.10 bits per heavy atom. The lowest BCUT2D eigenvalue weighted by molar-refractivity contribution is 0.105. The molecule has 2 aromatic rings. The Kier molecular flexibility index (Phi) is 4.23. The molecule has 1 aromatic heterocycles. The van der Waals surface area contributed by atoms with Crippen LogP contribution in [0.1, 0.15) is 47.8 Å². The van der Waals surface area contributed by atoms with Crippen molar-refractivity contribution in [2.24, 2.45) is 0 Å². The number of aromatic nitrogens is 1. The van der Waals surface area contributed by atoms with Crippen molar-refractivity contribution < 1.29 is 4.79 Å². The zero-order valence-corrected chi connectivity index (χ0v) is 12.9. The maximum atomic E-state index is 12.1. The van der Waals surface area contributed by atoms with E-state index in [2.05, 4.69) is 49.7 Å². The van der Waals surface area contributed by atoms with E-state index in [0.29, 0.717) is 5.56 Å². The molecule has 0 bridgehead atoms. The number of rotatable bonds is 1.